The zero-order valence-electron chi connectivity index (χ0n) is 12.4. The zero-order chi connectivity index (χ0) is 16.4. The van der Waals surface area contributed by atoms with E-state index < -0.39 is 20.6 Å². The molecule has 1 aliphatic rings. The van der Waals surface area contributed by atoms with Crippen LogP contribution in [-0.2, 0) is 19.0 Å². The molecule has 122 valence electrons. The number of nitro groups is 1. The predicted octanol–water partition coefficient (Wildman–Crippen LogP) is 1.02. The minimum absolute atomic E-state index is 0.114. The van der Waals surface area contributed by atoms with Gasteiger partial charge in [0.25, 0.3) is 15.8 Å². The number of likely N-dealkylation sites (N-methyl/N-ethyl adjacent to an activating group) is 1. The Morgan fingerprint density at radius 1 is 1.41 bits per heavy atom. The van der Waals surface area contributed by atoms with Crippen LogP contribution in [0.3, 0.4) is 0 Å². The van der Waals surface area contributed by atoms with E-state index in [0.29, 0.717) is 13.2 Å². The molecule has 1 aromatic rings. The second kappa shape index (κ2) is 6.29. The summed E-state index contributed by atoms with van der Waals surface area (Å²) in [6, 6.07) is 4.57. The third-order valence-electron chi connectivity index (χ3n) is 3.38. The molecular weight excluding hydrogens is 312 g/mol. The Labute approximate surface area is 128 Å². The smallest absolute Gasteiger partial charge is 0.297 e. The van der Waals surface area contributed by atoms with Gasteiger partial charge in [-0.05, 0) is 26.1 Å². The number of hydrogen-bond donors (Lipinski definition) is 0. The Bertz CT molecular complexity index is 645. The van der Waals surface area contributed by atoms with Crippen LogP contribution in [0.15, 0.2) is 29.2 Å². The van der Waals surface area contributed by atoms with Crippen molar-refractivity contribution in [2.24, 2.45) is 0 Å². The normalized spacial score (nSPS) is 23.4. The molecular formula is C13H18N2O6S. The van der Waals surface area contributed by atoms with Crippen LogP contribution in [0, 0.1) is 10.1 Å². The van der Waals surface area contributed by atoms with Crippen LogP contribution in [0.2, 0.25) is 0 Å². The van der Waals surface area contributed by atoms with Crippen molar-refractivity contribution in [3.05, 3.63) is 34.4 Å². The highest BCUT2D eigenvalue weighted by Crippen LogP contribution is 2.22. The van der Waals surface area contributed by atoms with Crippen molar-refractivity contribution in [2.75, 3.05) is 33.4 Å². The summed E-state index contributed by atoms with van der Waals surface area (Å²) in [5.74, 6) is 0. The summed E-state index contributed by atoms with van der Waals surface area (Å²) in [6.45, 7) is 3.52. The Morgan fingerprint density at radius 3 is 2.59 bits per heavy atom. The van der Waals surface area contributed by atoms with Gasteiger partial charge in [0.2, 0.25) is 0 Å². The molecule has 0 radical (unpaired) electrons. The van der Waals surface area contributed by atoms with Crippen LogP contribution in [0.4, 0.5) is 5.69 Å². The van der Waals surface area contributed by atoms with Crippen LogP contribution in [0.1, 0.15) is 6.92 Å². The summed E-state index contributed by atoms with van der Waals surface area (Å²) < 4.78 is 34.9. The monoisotopic (exact) mass is 330 g/mol. The Morgan fingerprint density at radius 2 is 2.05 bits per heavy atom. The third kappa shape index (κ3) is 4.01. The van der Waals surface area contributed by atoms with Crippen LogP contribution >= 0.6 is 0 Å². The van der Waals surface area contributed by atoms with E-state index in [1.165, 1.54) is 0 Å². The molecule has 0 aliphatic carbocycles. The third-order valence-corrected chi connectivity index (χ3v) is 4.66. The van der Waals surface area contributed by atoms with Crippen molar-refractivity contribution >= 4 is 15.8 Å². The van der Waals surface area contributed by atoms with E-state index in [1.54, 1.807) is 6.92 Å². The molecule has 1 saturated heterocycles. The van der Waals surface area contributed by atoms with E-state index in [-0.39, 0.29) is 17.2 Å². The minimum atomic E-state index is -3.98. The summed E-state index contributed by atoms with van der Waals surface area (Å²) in [6.07, 6.45) is 0. The van der Waals surface area contributed by atoms with E-state index in [4.69, 9.17) is 8.92 Å². The number of nitro benzene ring substituents is 1. The number of morpholine rings is 1. The summed E-state index contributed by atoms with van der Waals surface area (Å²) in [4.78, 5) is 11.9. The van der Waals surface area contributed by atoms with Gasteiger partial charge in [-0.25, -0.2) is 0 Å². The SMILES string of the molecule is CN1CCOC(C)(COS(=O)(=O)c2ccc([N+](=O)[O-])cc2)C1. The molecule has 0 N–H and O–H groups in total. The maximum atomic E-state index is 12.1. The number of benzene rings is 1. The number of ether oxygens (including phenoxy) is 1. The molecule has 1 fully saturated rings. The van der Waals surface area contributed by atoms with Crippen molar-refractivity contribution in [1.29, 1.82) is 0 Å². The van der Waals surface area contributed by atoms with Gasteiger partial charge in [0.15, 0.2) is 0 Å². The van der Waals surface area contributed by atoms with Crippen LogP contribution in [-0.4, -0.2) is 57.2 Å². The molecule has 0 saturated carbocycles. The molecule has 0 spiro atoms. The van der Waals surface area contributed by atoms with Crippen LogP contribution in [0.25, 0.3) is 0 Å². The fraction of sp³-hybridized carbons (Fsp3) is 0.538. The Hall–Kier alpha value is -1.55. The highest BCUT2D eigenvalue weighted by atomic mass is 32.2. The van der Waals surface area contributed by atoms with Gasteiger partial charge in [0.1, 0.15) is 5.60 Å². The molecule has 8 nitrogen and oxygen atoms in total. The van der Waals surface area contributed by atoms with Gasteiger partial charge in [-0.3, -0.25) is 14.3 Å². The second-order valence-corrected chi connectivity index (χ2v) is 7.12. The van der Waals surface area contributed by atoms with Crippen molar-refractivity contribution in [3.8, 4) is 0 Å². The molecule has 1 unspecified atom stereocenters. The average molecular weight is 330 g/mol. The van der Waals surface area contributed by atoms with E-state index >= 15 is 0 Å². The maximum absolute atomic E-state index is 12.1. The van der Waals surface area contributed by atoms with Gasteiger partial charge in [-0.2, -0.15) is 8.42 Å². The lowest BCUT2D eigenvalue weighted by atomic mass is 10.1. The van der Waals surface area contributed by atoms with Gasteiger partial charge in [0.05, 0.1) is 23.0 Å². The molecule has 2 rings (SSSR count). The molecule has 0 aromatic heterocycles. The lowest BCUT2D eigenvalue weighted by molar-refractivity contribution is -0.384. The largest absolute Gasteiger partial charge is 0.370 e. The Balaban J connectivity index is 2.06. The van der Waals surface area contributed by atoms with Crippen molar-refractivity contribution < 1.29 is 22.3 Å². The van der Waals surface area contributed by atoms with Gasteiger partial charge in [-0.15, -0.1) is 0 Å². The van der Waals surface area contributed by atoms with Crippen LogP contribution < -0.4 is 0 Å². The van der Waals surface area contributed by atoms with E-state index in [0.717, 1.165) is 30.8 Å². The first-order valence-corrected chi connectivity index (χ1v) is 8.09. The summed E-state index contributed by atoms with van der Waals surface area (Å²) >= 11 is 0. The number of hydrogen-bond acceptors (Lipinski definition) is 7. The van der Waals surface area contributed by atoms with Crippen molar-refractivity contribution in [2.45, 2.75) is 17.4 Å². The quantitative estimate of drug-likeness (QED) is 0.451. The lowest BCUT2D eigenvalue weighted by Crippen LogP contribution is -2.51. The number of non-ortho nitro benzene ring substituents is 1. The van der Waals surface area contributed by atoms with Crippen LogP contribution in [0.5, 0.6) is 0 Å². The van der Waals surface area contributed by atoms with E-state index in [9.17, 15) is 18.5 Å². The molecule has 9 heteroatoms. The fourth-order valence-corrected chi connectivity index (χ4v) is 3.25. The Kier molecular flexibility index (Phi) is 4.81. The zero-order valence-corrected chi connectivity index (χ0v) is 13.2. The van der Waals surface area contributed by atoms with E-state index in [1.807, 2.05) is 11.9 Å². The molecule has 1 aliphatic heterocycles. The number of nitrogens with zero attached hydrogens (tertiary/aromatic N) is 2. The van der Waals surface area contributed by atoms with Gasteiger partial charge >= 0.3 is 0 Å². The minimum Gasteiger partial charge on any atom is -0.370 e. The van der Waals surface area contributed by atoms with Crippen molar-refractivity contribution in [3.63, 3.8) is 0 Å². The van der Waals surface area contributed by atoms with Gasteiger partial charge in [0, 0.05) is 25.2 Å². The standard InChI is InChI=1S/C13H18N2O6S/c1-13(9-14(2)7-8-20-13)10-21-22(18,19)12-5-3-11(4-6-12)15(16)17/h3-6H,7-10H2,1-2H3. The number of rotatable bonds is 5. The second-order valence-electron chi connectivity index (χ2n) is 5.50. The highest BCUT2D eigenvalue weighted by molar-refractivity contribution is 7.86. The van der Waals surface area contributed by atoms with Gasteiger partial charge < -0.3 is 9.64 Å². The van der Waals surface area contributed by atoms with Gasteiger partial charge in [-0.1, -0.05) is 0 Å². The van der Waals surface area contributed by atoms with Crippen molar-refractivity contribution in [1.82, 2.24) is 4.90 Å². The predicted molar refractivity (Wildman–Crippen MR) is 78.1 cm³/mol. The first-order chi connectivity index (χ1) is 10.2. The fourth-order valence-electron chi connectivity index (χ4n) is 2.24. The molecule has 0 bridgehead atoms. The molecule has 22 heavy (non-hydrogen) atoms. The highest BCUT2D eigenvalue weighted by Gasteiger charge is 2.33. The first-order valence-electron chi connectivity index (χ1n) is 6.68. The summed E-state index contributed by atoms with van der Waals surface area (Å²) in [7, 11) is -2.06. The molecule has 1 heterocycles. The summed E-state index contributed by atoms with van der Waals surface area (Å²) in [5.41, 5.74) is -0.885. The first kappa shape index (κ1) is 16.8. The molecule has 1 aromatic carbocycles. The van der Waals surface area contributed by atoms with E-state index in [2.05, 4.69) is 0 Å². The average Bonchev–Trinajstić information content (AvgIpc) is 2.45. The maximum Gasteiger partial charge on any atom is 0.297 e. The molecule has 0 amide bonds. The lowest BCUT2D eigenvalue weighted by Gasteiger charge is -2.38. The molecule has 1 atom stereocenters. The summed E-state index contributed by atoms with van der Waals surface area (Å²) in [5, 5.41) is 10.6. The topological polar surface area (TPSA) is 99.0 Å².